The smallest absolute Gasteiger partial charge is 0.330 e. The van der Waals surface area contributed by atoms with Gasteiger partial charge in [0, 0.05) is 18.6 Å². The zero-order valence-corrected chi connectivity index (χ0v) is 12.2. The van der Waals surface area contributed by atoms with E-state index in [0.717, 1.165) is 12.2 Å². The van der Waals surface area contributed by atoms with Gasteiger partial charge in [0.25, 0.3) is 0 Å². The largest absolute Gasteiger partial charge is 0.481 e. The van der Waals surface area contributed by atoms with Crippen LogP contribution < -0.4 is 0 Å². The van der Waals surface area contributed by atoms with Crippen LogP contribution in [0.4, 0.5) is 0 Å². The minimum atomic E-state index is -1.09. The third kappa shape index (κ3) is 9.29. The molecule has 0 aliphatic rings. The maximum Gasteiger partial charge on any atom is 0.330 e. The van der Waals surface area contributed by atoms with E-state index in [0.29, 0.717) is 0 Å². The van der Waals surface area contributed by atoms with Crippen molar-refractivity contribution in [3.63, 3.8) is 0 Å². The predicted octanol–water partition coefficient (Wildman–Crippen LogP) is 0.138. The maximum absolute atomic E-state index is 11.9. The Labute approximate surface area is 128 Å². The van der Waals surface area contributed by atoms with Crippen LogP contribution in [-0.2, 0) is 28.7 Å². The predicted molar refractivity (Wildman–Crippen MR) is 75.8 cm³/mol. The fourth-order valence-corrected chi connectivity index (χ4v) is 1.36. The molecule has 0 aromatic rings. The van der Waals surface area contributed by atoms with Crippen molar-refractivity contribution in [3.8, 4) is 0 Å². The topological polar surface area (TPSA) is 110 Å². The molecule has 0 heterocycles. The Morgan fingerprint density at radius 3 is 1.73 bits per heavy atom. The Balaban J connectivity index is 4.40. The van der Waals surface area contributed by atoms with Crippen molar-refractivity contribution in [2.45, 2.75) is 12.8 Å². The summed E-state index contributed by atoms with van der Waals surface area (Å²) in [5.41, 5.74) is 0. The molecule has 122 valence electrons. The lowest BCUT2D eigenvalue weighted by Gasteiger charge is -2.22. The van der Waals surface area contributed by atoms with Gasteiger partial charge in [0.15, 0.2) is 0 Å². The zero-order chi connectivity index (χ0) is 17.0. The molecular formula is C14H19NO7. The summed E-state index contributed by atoms with van der Waals surface area (Å²) < 4.78 is 9.51. The highest BCUT2D eigenvalue weighted by atomic mass is 16.5. The molecule has 8 heteroatoms. The number of aliphatic carboxylic acids is 1. The Morgan fingerprint density at radius 2 is 1.36 bits per heavy atom. The summed E-state index contributed by atoms with van der Waals surface area (Å²) in [5, 5.41) is 8.57. The molecule has 22 heavy (non-hydrogen) atoms. The summed E-state index contributed by atoms with van der Waals surface area (Å²) in [7, 11) is 0. The van der Waals surface area contributed by atoms with Crippen LogP contribution in [0.2, 0.25) is 0 Å². The van der Waals surface area contributed by atoms with E-state index < -0.39 is 23.8 Å². The summed E-state index contributed by atoms with van der Waals surface area (Å²) in [4.78, 5) is 45.5. The Bertz CT molecular complexity index is 418. The molecule has 0 aliphatic heterocycles. The van der Waals surface area contributed by atoms with Crippen LogP contribution in [0.25, 0.3) is 0 Å². The number of hydrogen-bond donors (Lipinski definition) is 1. The van der Waals surface area contributed by atoms with Gasteiger partial charge in [0.05, 0.1) is 19.5 Å². The normalized spacial score (nSPS) is 9.45. The molecule has 1 N–H and O–H groups in total. The monoisotopic (exact) mass is 313 g/mol. The van der Waals surface area contributed by atoms with Gasteiger partial charge in [0.1, 0.15) is 13.2 Å². The molecule has 0 atom stereocenters. The lowest BCUT2D eigenvalue weighted by atomic mass is 10.2. The molecule has 0 saturated carbocycles. The van der Waals surface area contributed by atoms with Gasteiger partial charge in [-0.1, -0.05) is 13.2 Å². The molecule has 0 fully saturated rings. The number of esters is 2. The van der Waals surface area contributed by atoms with E-state index in [1.165, 1.54) is 4.90 Å². The van der Waals surface area contributed by atoms with Gasteiger partial charge in [-0.15, -0.1) is 0 Å². The number of amides is 1. The fraction of sp³-hybridized carbons (Fsp3) is 0.429. The maximum atomic E-state index is 11.9. The molecular weight excluding hydrogens is 294 g/mol. The van der Waals surface area contributed by atoms with E-state index in [-0.39, 0.29) is 39.1 Å². The van der Waals surface area contributed by atoms with Crippen molar-refractivity contribution in [2.75, 3.05) is 26.3 Å². The molecule has 8 nitrogen and oxygen atoms in total. The van der Waals surface area contributed by atoms with Crippen LogP contribution in [-0.4, -0.2) is 60.1 Å². The number of carbonyl (C=O) groups excluding carboxylic acids is 3. The number of rotatable bonds is 11. The van der Waals surface area contributed by atoms with Crippen LogP contribution in [0.5, 0.6) is 0 Å². The lowest BCUT2D eigenvalue weighted by Crippen LogP contribution is -2.37. The second-order valence-corrected chi connectivity index (χ2v) is 4.02. The van der Waals surface area contributed by atoms with E-state index >= 15 is 0 Å². The average Bonchev–Trinajstić information content (AvgIpc) is 2.50. The standard InChI is InChI=1S/C14H19NO7/c1-3-13(19)21-9-7-15(8-10-22-14(20)4-2)11(16)5-6-12(17)18/h3-4H,1-2,5-10H2,(H,17,18). The quantitative estimate of drug-likeness (QED) is 0.426. The molecule has 0 aromatic heterocycles. The summed E-state index contributed by atoms with van der Waals surface area (Å²) in [6.45, 7) is 6.44. The van der Waals surface area contributed by atoms with Gasteiger partial charge in [-0.2, -0.15) is 0 Å². The van der Waals surface area contributed by atoms with Gasteiger partial charge >= 0.3 is 17.9 Å². The van der Waals surface area contributed by atoms with Crippen molar-refractivity contribution >= 4 is 23.8 Å². The highest BCUT2D eigenvalue weighted by Crippen LogP contribution is 2.00. The van der Waals surface area contributed by atoms with Crippen molar-refractivity contribution in [1.29, 1.82) is 0 Å². The SMILES string of the molecule is C=CC(=O)OCCN(CCOC(=O)C=C)C(=O)CCC(=O)O. The minimum Gasteiger partial charge on any atom is -0.481 e. The molecule has 0 aromatic carbocycles. The first-order valence-electron chi connectivity index (χ1n) is 6.48. The molecule has 0 spiro atoms. The fourth-order valence-electron chi connectivity index (χ4n) is 1.36. The van der Waals surface area contributed by atoms with Crippen molar-refractivity contribution in [1.82, 2.24) is 4.90 Å². The number of ether oxygens (including phenoxy) is 2. The Hall–Kier alpha value is -2.64. The third-order valence-corrected chi connectivity index (χ3v) is 2.45. The molecule has 0 bridgehead atoms. The van der Waals surface area contributed by atoms with E-state index in [1.54, 1.807) is 0 Å². The molecule has 0 rings (SSSR count). The number of hydrogen-bond acceptors (Lipinski definition) is 6. The molecule has 0 aliphatic carbocycles. The summed E-state index contributed by atoms with van der Waals surface area (Å²) >= 11 is 0. The summed E-state index contributed by atoms with van der Waals surface area (Å²) in [6, 6.07) is 0. The van der Waals surface area contributed by atoms with Gasteiger partial charge in [-0.05, 0) is 0 Å². The average molecular weight is 313 g/mol. The van der Waals surface area contributed by atoms with Crippen molar-refractivity contribution < 1.29 is 33.8 Å². The van der Waals surface area contributed by atoms with Gasteiger partial charge < -0.3 is 19.5 Å². The van der Waals surface area contributed by atoms with Gasteiger partial charge in [-0.25, -0.2) is 9.59 Å². The first-order valence-corrected chi connectivity index (χ1v) is 6.48. The summed E-state index contributed by atoms with van der Waals surface area (Å²) in [6.07, 6.45) is 1.47. The third-order valence-electron chi connectivity index (χ3n) is 2.45. The van der Waals surface area contributed by atoms with E-state index in [2.05, 4.69) is 13.2 Å². The number of carbonyl (C=O) groups is 4. The zero-order valence-electron chi connectivity index (χ0n) is 12.2. The van der Waals surface area contributed by atoms with Crippen LogP contribution >= 0.6 is 0 Å². The van der Waals surface area contributed by atoms with E-state index in [9.17, 15) is 19.2 Å². The number of carboxylic acids is 1. The van der Waals surface area contributed by atoms with Gasteiger partial charge in [0.2, 0.25) is 5.91 Å². The van der Waals surface area contributed by atoms with E-state index in [4.69, 9.17) is 14.6 Å². The molecule has 0 unspecified atom stereocenters. The number of nitrogens with zero attached hydrogens (tertiary/aromatic N) is 1. The van der Waals surface area contributed by atoms with Gasteiger partial charge in [-0.3, -0.25) is 9.59 Å². The second kappa shape index (κ2) is 11.1. The van der Waals surface area contributed by atoms with Crippen LogP contribution in [0.15, 0.2) is 25.3 Å². The van der Waals surface area contributed by atoms with Crippen molar-refractivity contribution in [2.24, 2.45) is 0 Å². The molecule has 1 amide bonds. The Kier molecular flexibility index (Phi) is 9.74. The first-order chi connectivity index (χ1) is 10.4. The first kappa shape index (κ1) is 19.4. The van der Waals surface area contributed by atoms with E-state index in [1.807, 2.05) is 0 Å². The number of carboxylic acid groups (broad SMARTS) is 1. The lowest BCUT2D eigenvalue weighted by molar-refractivity contribution is -0.144. The second-order valence-electron chi connectivity index (χ2n) is 4.02. The molecule has 0 saturated heterocycles. The van der Waals surface area contributed by atoms with Crippen LogP contribution in [0.1, 0.15) is 12.8 Å². The highest BCUT2D eigenvalue weighted by molar-refractivity contribution is 5.82. The van der Waals surface area contributed by atoms with Crippen molar-refractivity contribution in [3.05, 3.63) is 25.3 Å². The Morgan fingerprint density at radius 1 is 0.909 bits per heavy atom. The molecule has 0 radical (unpaired) electrons. The van der Waals surface area contributed by atoms with Crippen LogP contribution in [0.3, 0.4) is 0 Å². The minimum absolute atomic E-state index is 0.0592. The summed E-state index contributed by atoms with van der Waals surface area (Å²) in [5.74, 6) is -2.79. The van der Waals surface area contributed by atoms with Crippen LogP contribution in [0, 0.1) is 0 Å². The highest BCUT2D eigenvalue weighted by Gasteiger charge is 2.15.